The molecule has 13 heteroatoms. The van der Waals surface area contributed by atoms with Crippen molar-refractivity contribution in [1.82, 2.24) is 19.8 Å². The molecule has 10 nitrogen and oxygen atoms in total. The van der Waals surface area contributed by atoms with Crippen LogP contribution in [0.15, 0.2) is 28.5 Å². The van der Waals surface area contributed by atoms with Crippen LogP contribution in [0.1, 0.15) is 5.69 Å². The van der Waals surface area contributed by atoms with Crippen molar-refractivity contribution in [3.05, 3.63) is 29.3 Å². The first kappa shape index (κ1) is 22.6. The topological polar surface area (TPSA) is 125 Å². The lowest BCUT2D eigenvalue weighted by atomic mass is 10.3. The maximum atomic E-state index is 12.4. The number of anilines is 2. The summed E-state index contributed by atoms with van der Waals surface area (Å²) in [5.41, 5.74) is 1.15. The van der Waals surface area contributed by atoms with Gasteiger partial charge in [-0.3, -0.25) is 10.1 Å². The zero-order chi connectivity index (χ0) is 22.9. The van der Waals surface area contributed by atoms with Gasteiger partial charge in [-0.25, -0.2) is 23.2 Å². The van der Waals surface area contributed by atoms with Crippen LogP contribution in [0.2, 0.25) is 0 Å². The molecule has 3 amide bonds. The molecular weight excluding hydrogens is 472 g/mol. The van der Waals surface area contributed by atoms with Crippen LogP contribution in [0.4, 0.5) is 15.1 Å². The highest BCUT2D eigenvalue weighted by molar-refractivity contribution is 7.90. The molecule has 0 atom stereocenters. The van der Waals surface area contributed by atoms with Crippen molar-refractivity contribution in [1.29, 1.82) is 0 Å². The van der Waals surface area contributed by atoms with Gasteiger partial charge in [0.25, 0.3) is 0 Å². The van der Waals surface area contributed by atoms with Crippen LogP contribution in [0, 0.1) is 0 Å². The van der Waals surface area contributed by atoms with Gasteiger partial charge in [-0.1, -0.05) is 11.3 Å². The Hall–Kier alpha value is -2.61. The number of hydrogen-bond donors (Lipinski definition) is 2. The van der Waals surface area contributed by atoms with Gasteiger partial charge >= 0.3 is 6.03 Å². The van der Waals surface area contributed by atoms with E-state index < -0.39 is 9.84 Å². The van der Waals surface area contributed by atoms with E-state index in [1.54, 1.807) is 22.4 Å². The average molecular weight is 495 g/mol. The van der Waals surface area contributed by atoms with Crippen molar-refractivity contribution >= 4 is 64.9 Å². The van der Waals surface area contributed by atoms with Gasteiger partial charge in [0, 0.05) is 37.8 Å². The molecule has 0 aliphatic carbocycles. The standard InChI is InChI=1S/C19H22N6O4S3/c1-24-5-7-25(8-6-24)19(27)23-17-20-12(11-30-17)9-16(26)22-18-21-14-4-3-13(32(2,28)29)10-15(14)31-18/h3-4,10-11H,5-9H2,1-2H3,(H,20,23,27)(H,21,22,26). The Labute approximate surface area is 193 Å². The number of amides is 3. The molecule has 32 heavy (non-hydrogen) atoms. The van der Waals surface area contributed by atoms with Crippen molar-refractivity contribution < 1.29 is 18.0 Å². The fraction of sp³-hybridized carbons (Fsp3) is 0.368. The number of likely N-dealkylation sites (N-methyl/N-ethyl adjacent to an activating group) is 1. The minimum Gasteiger partial charge on any atom is -0.322 e. The smallest absolute Gasteiger partial charge is 0.322 e. The third-order valence-corrected chi connectivity index (χ3v) is 7.78. The van der Waals surface area contributed by atoms with Crippen molar-refractivity contribution in [3.8, 4) is 0 Å². The zero-order valence-electron chi connectivity index (χ0n) is 17.5. The number of carbonyl (C=O) groups is 2. The van der Waals surface area contributed by atoms with Crippen molar-refractivity contribution in [2.45, 2.75) is 11.3 Å². The summed E-state index contributed by atoms with van der Waals surface area (Å²) in [6.45, 7) is 2.99. The maximum absolute atomic E-state index is 12.4. The van der Waals surface area contributed by atoms with Crippen LogP contribution in [0.5, 0.6) is 0 Å². The minimum atomic E-state index is -3.32. The number of carbonyl (C=O) groups excluding carboxylic acids is 2. The normalized spacial score (nSPS) is 15.1. The summed E-state index contributed by atoms with van der Waals surface area (Å²) >= 11 is 2.47. The second kappa shape index (κ2) is 9.10. The molecule has 0 saturated carbocycles. The highest BCUT2D eigenvalue weighted by Crippen LogP contribution is 2.28. The third-order valence-electron chi connectivity index (χ3n) is 4.93. The SMILES string of the molecule is CN1CCN(C(=O)Nc2nc(CC(=O)Nc3nc4ccc(S(C)(=O)=O)cc4s3)cs2)CC1. The Balaban J connectivity index is 1.34. The first-order chi connectivity index (χ1) is 15.2. The molecule has 1 saturated heterocycles. The van der Waals surface area contributed by atoms with E-state index >= 15 is 0 Å². The van der Waals surface area contributed by atoms with Crippen LogP contribution in [0.25, 0.3) is 10.2 Å². The molecule has 1 aliphatic rings. The van der Waals surface area contributed by atoms with Crippen molar-refractivity contribution in [3.63, 3.8) is 0 Å². The van der Waals surface area contributed by atoms with Gasteiger partial charge < -0.3 is 15.1 Å². The Morgan fingerprint density at radius 2 is 1.84 bits per heavy atom. The zero-order valence-corrected chi connectivity index (χ0v) is 19.9. The van der Waals surface area contributed by atoms with Gasteiger partial charge in [-0.15, -0.1) is 11.3 Å². The summed E-state index contributed by atoms with van der Waals surface area (Å²) in [5, 5.41) is 8.08. The van der Waals surface area contributed by atoms with Crippen LogP contribution in [0.3, 0.4) is 0 Å². The Morgan fingerprint density at radius 1 is 1.09 bits per heavy atom. The molecule has 170 valence electrons. The molecular formula is C19H22N6O4S3. The number of urea groups is 1. The predicted molar refractivity (Wildman–Crippen MR) is 125 cm³/mol. The third kappa shape index (κ3) is 5.41. The van der Waals surface area contributed by atoms with E-state index in [1.165, 1.54) is 28.7 Å². The monoisotopic (exact) mass is 494 g/mol. The fourth-order valence-corrected chi connectivity index (χ4v) is 5.49. The summed E-state index contributed by atoms with van der Waals surface area (Å²) in [7, 11) is -1.29. The Bertz CT molecular complexity index is 1260. The second-order valence-corrected chi connectivity index (χ2v) is 11.4. The van der Waals surface area contributed by atoms with Crippen LogP contribution in [-0.2, 0) is 21.1 Å². The number of thiazole rings is 2. The summed E-state index contributed by atoms with van der Waals surface area (Å²) in [6.07, 6.45) is 1.18. The minimum absolute atomic E-state index is 0.0331. The molecule has 2 aromatic heterocycles. The van der Waals surface area contributed by atoms with Gasteiger partial charge in [0.1, 0.15) is 0 Å². The second-order valence-electron chi connectivity index (χ2n) is 7.51. The number of rotatable bonds is 5. The van der Waals surface area contributed by atoms with E-state index in [9.17, 15) is 18.0 Å². The maximum Gasteiger partial charge on any atom is 0.323 e. The van der Waals surface area contributed by atoms with E-state index in [0.29, 0.717) is 39.3 Å². The van der Waals surface area contributed by atoms with Crippen molar-refractivity contribution in [2.75, 3.05) is 50.1 Å². The lowest BCUT2D eigenvalue weighted by Crippen LogP contribution is -2.48. The molecule has 1 fully saturated rings. The molecule has 1 aliphatic heterocycles. The number of nitrogens with zero attached hydrogens (tertiary/aromatic N) is 4. The number of fused-ring (bicyclic) bond motifs is 1. The van der Waals surface area contributed by atoms with Gasteiger partial charge in [-0.2, -0.15) is 0 Å². The largest absolute Gasteiger partial charge is 0.323 e. The highest BCUT2D eigenvalue weighted by Gasteiger charge is 2.20. The fourth-order valence-electron chi connectivity index (χ4n) is 3.14. The van der Waals surface area contributed by atoms with E-state index in [1.807, 2.05) is 7.05 Å². The molecule has 3 aromatic rings. The number of aromatic nitrogens is 2. The predicted octanol–water partition coefficient (Wildman–Crippen LogP) is 2.12. The molecule has 2 N–H and O–H groups in total. The van der Waals surface area contributed by atoms with Crippen LogP contribution < -0.4 is 10.6 Å². The Kier molecular flexibility index (Phi) is 6.42. The molecule has 0 radical (unpaired) electrons. The molecule has 4 rings (SSSR count). The average Bonchev–Trinajstić information content (AvgIpc) is 3.32. The van der Waals surface area contributed by atoms with Gasteiger partial charge in [-0.05, 0) is 25.2 Å². The van der Waals surface area contributed by atoms with Gasteiger partial charge in [0.05, 0.1) is 27.2 Å². The van der Waals surface area contributed by atoms with Gasteiger partial charge in [0.15, 0.2) is 20.1 Å². The van der Waals surface area contributed by atoms with E-state index in [2.05, 4.69) is 25.5 Å². The van der Waals surface area contributed by atoms with E-state index in [0.717, 1.165) is 19.3 Å². The number of nitrogens with one attached hydrogen (secondary N) is 2. The first-order valence-electron chi connectivity index (χ1n) is 9.77. The van der Waals surface area contributed by atoms with Crippen molar-refractivity contribution in [2.24, 2.45) is 0 Å². The molecule has 0 spiro atoms. The lowest BCUT2D eigenvalue weighted by Gasteiger charge is -2.32. The lowest BCUT2D eigenvalue weighted by molar-refractivity contribution is -0.115. The Morgan fingerprint density at radius 3 is 2.56 bits per heavy atom. The molecule has 1 aromatic carbocycles. The summed E-state index contributed by atoms with van der Waals surface area (Å²) in [6, 6.07) is 4.48. The highest BCUT2D eigenvalue weighted by atomic mass is 32.2. The number of piperazine rings is 1. The number of hydrogen-bond acceptors (Lipinski definition) is 9. The number of benzene rings is 1. The van der Waals surface area contributed by atoms with Gasteiger partial charge in [0.2, 0.25) is 5.91 Å². The summed E-state index contributed by atoms with van der Waals surface area (Å²) < 4.78 is 24.1. The summed E-state index contributed by atoms with van der Waals surface area (Å²) in [5.74, 6) is -0.297. The summed E-state index contributed by atoms with van der Waals surface area (Å²) in [4.78, 5) is 37.6. The van der Waals surface area contributed by atoms with E-state index in [4.69, 9.17) is 0 Å². The quantitative estimate of drug-likeness (QED) is 0.557. The first-order valence-corrected chi connectivity index (χ1v) is 13.4. The molecule has 3 heterocycles. The van der Waals surface area contributed by atoms with E-state index in [-0.39, 0.29) is 23.3 Å². The molecule has 0 bridgehead atoms. The number of sulfone groups is 1. The van der Waals surface area contributed by atoms with Crippen LogP contribution in [-0.4, -0.2) is 79.6 Å². The van der Waals surface area contributed by atoms with Crippen LogP contribution >= 0.6 is 22.7 Å². The molecule has 0 unspecified atom stereocenters.